The first kappa shape index (κ1) is 9.13. The van der Waals surface area contributed by atoms with Gasteiger partial charge in [-0.3, -0.25) is 0 Å². The third kappa shape index (κ3) is 2.01. The Morgan fingerprint density at radius 3 is 2.33 bits per heavy atom. The van der Waals surface area contributed by atoms with Crippen LogP contribution in [0.3, 0.4) is 0 Å². The molecule has 0 saturated heterocycles. The fourth-order valence-corrected chi connectivity index (χ4v) is 0.978. The molecule has 0 aliphatic carbocycles. The maximum Gasteiger partial charge on any atom is 0.263 e. The van der Waals surface area contributed by atoms with E-state index >= 15 is 0 Å². The van der Waals surface area contributed by atoms with Crippen LogP contribution in [0.15, 0.2) is 24.3 Å². The van der Waals surface area contributed by atoms with Gasteiger partial charge in [0, 0.05) is 11.6 Å². The summed E-state index contributed by atoms with van der Waals surface area (Å²) in [5.74, 6) is 0. The highest BCUT2D eigenvalue weighted by Gasteiger charge is 2.07. The number of hydrogen-bond acceptors (Lipinski definition) is 1. The van der Waals surface area contributed by atoms with E-state index in [-0.39, 0.29) is 11.6 Å². The van der Waals surface area contributed by atoms with E-state index in [0.29, 0.717) is 0 Å². The molecule has 2 N–H and O–H groups in total. The van der Waals surface area contributed by atoms with Crippen molar-refractivity contribution < 1.29 is 8.78 Å². The van der Waals surface area contributed by atoms with E-state index in [0.717, 1.165) is 5.56 Å². The summed E-state index contributed by atoms with van der Waals surface area (Å²) in [5.41, 5.74) is 6.31. The van der Waals surface area contributed by atoms with Crippen LogP contribution in [0.4, 0.5) is 8.78 Å². The lowest BCUT2D eigenvalue weighted by molar-refractivity contribution is 0.151. The van der Waals surface area contributed by atoms with Crippen molar-refractivity contribution in [3.8, 4) is 0 Å². The van der Waals surface area contributed by atoms with E-state index < -0.39 is 6.43 Å². The van der Waals surface area contributed by atoms with Gasteiger partial charge in [0.2, 0.25) is 0 Å². The summed E-state index contributed by atoms with van der Waals surface area (Å²) in [5, 5.41) is 0. The second-order valence-electron chi connectivity index (χ2n) is 2.76. The molecule has 0 spiro atoms. The lowest BCUT2D eigenvalue weighted by Gasteiger charge is -2.06. The molecule has 1 atom stereocenters. The van der Waals surface area contributed by atoms with Crippen LogP contribution in [0.25, 0.3) is 0 Å². The number of alkyl halides is 2. The van der Waals surface area contributed by atoms with Gasteiger partial charge in [-0.2, -0.15) is 0 Å². The minimum atomic E-state index is -2.41. The van der Waals surface area contributed by atoms with E-state index in [4.69, 9.17) is 5.73 Å². The molecule has 0 amide bonds. The highest BCUT2D eigenvalue weighted by Crippen LogP contribution is 2.21. The minimum Gasteiger partial charge on any atom is -0.324 e. The zero-order valence-electron chi connectivity index (χ0n) is 6.80. The van der Waals surface area contributed by atoms with Crippen molar-refractivity contribution in [1.82, 2.24) is 0 Å². The average Bonchev–Trinajstić information content (AvgIpc) is 2.04. The van der Waals surface area contributed by atoms with Crippen LogP contribution in [0.5, 0.6) is 0 Å². The van der Waals surface area contributed by atoms with Gasteiger partial charge in [-0.1, -0.05) is 18.2 Å². The lowest BCUT2D eigenvalue weighted by Crippen LogP contribution is -2.05. The number of rotatable bonds is 2. The largest absolute Gasteiger partial charge is 0.324 e. The number of halogens is 2. The van der Waals surface area contributed by atoms with E-state index in [1.54, 1.807) is 19.1 Å². The average molecular weight is 171 g/mol. The molecular formula is C9H11F2N. The molecule has 0 aliphatic rings. The SMILES string of the molecule is C[C@@H](N)c1cccc(C(F)F)c1. The summed E-state index contributed by atoms with van der Waals surface area (Å²) in [6, 6.07) is 5.99. The van der Waals surface area contributed by atoms with Crippen LogP contribution >= 0.6 is 0 Å². The summed E-state index contributed by atoms with van der Waals surface area (Å²) in [6.45, 7) is 1.77. The third-order valence-electron chi connectivity index (χ3n) is 1.69. The smallest absolute Gasteiger partial charge is 0.263 e. The first-order valence-corrected chi connectivity index (χ1v) is 3.75. The molecule has 0 aromatic heterocycles. The summed E-state index contributed by atoms with van der Waals surface area (Å²) in [6.07, 6.45) is -2.41. The quantitative estimate of drug-likeness (QED) is 0.727. The molecule has 1 nitrogen and oxygen atoms in total. The van der Waals surface area contributed by atoms with Crippen molar-refractivity contribution in [3.05, 3.63) is 35.4 Å². The fourth-order valence-electron chi connectivity index (χ4n) is 0.978. The van der Waals surface area contributed by atoms with E-state index in [9.17, 15) is 8.78 Å². The molecule has 66 valence electrons. The lowest BCUT2D eigenvalue weighted by atomic mass is 10.1. The molecule has 0 unspecified atom stereocenters. The second kappa shape index (κ2) is 3.63. The topological polar surface area (TPSA) is 26.0 Å². The van der Waals surface area contributed by atoms with Gasteiger partial charge in [0.15, 0.2) is 0 Å². The Labute approximate surface area is 70.2 Å². The van der Waals surface area contributed by atoms with E-state index in [2.05, 4.69) is 0 Å². The van der Waals surface area contributed by atoms with Gasteiger partial charge in [0.05, 0.1) is 0 Å². The summed E-state index contributed by atoms with van der Waals surface area (Å²) in [7, 11) is 0. The van der Waals surface area contributed by atoms with Gasteiger partial charge in [-0.15, -0.1) is 0 Å². The minimum absolute atomic E-state index is 0.0322. The Balaban J connectivity index is 2.96. The van der Waals surface area contributed by atoms with Crippen molar-refractivity contribution in [2.24, 2.45) is 5.73 Å². The van der Waals surface area contributed by atoms with Crippen molar-refractivity contribution in [2.75, 3.05) is 0 Å². The monoisotopic (exact) mass is 171 g/mol. The standard InChI is InChI=1S/C9H11F2N/c1-6(12)7-3-2-4-8(5-7)9(10)11/h2-6,9H,12H2,1H3/t6-/m1/s1. The predicted molar refractivity (Wildman–Crippen MR) is 44.0 cm³/mol. The van der Waals surface area contributed by atoms with Gasteiger partial charge >= 0.3 is 0 Å². The zero-order valence-corrected chi connectivity index (χ0v) is 6.80. The predicted octanol–water partition coefficient (Wildman–Crippen LogP) is 2.64. The molecule has 12 heavy (non-hydrogen) atoms. The van der Waals surface area contributed by atoms with Gasteiger partial charge in [-0.25, -0.2) is 8.78 Å². The third-order valence-corrected chi connectivity index (χ3v) is 1.69. The number of hydrogen-bond donors (Lipinski definition) is 1. The van der Waals surface area contributed by atoms with E-state index in [1.807, 2.05) is 0 Å². The van der Waals surface area contributed by atoms with Gasteiger partial charge in [0.25, 0.3) is 6.43 Å². The van der Waals surface area contributed by atoms with Crippen LogP contribution in [0, 0.1) is 0 Å². The molecule has 0 heterocycles. The van der Waals surface area contributed by atoms with Crippen molar-refractivity contribution in [3.63, 3.8) is 0 Å². The maximum absolute atomic E-state index is 12.2. The zero-order chi connectivity index (χ0) is 9.14. The van der Waals surface area contributed by atoms with Crippen LogP contribution in [-0.2, 0) is 0 Å². The van der Waals surface area contributed by atoms with E-state index in [1.165, 1.54) is 12.1 Å². The van der Waals surface area contributed by atoms with Crippen molar-refractivity contribution in [2.45, 2.75) is 19.4 Å². The van der Waals surface area contributed by atoms with Crippen LogP contribution in [-0.4, -0.2) is 0 Å². The molecule has 0 radical (unpaired) electrons. The molecule has 0 fully saturated rings. The molecule has 1 aromatic carbocycles. The summed E-state index contributed by atoms with van der Waals surface area (Å²) >= 11 is 0. The summed E-state index contributed by atoms with van der Waals surface area (Å²) in [4.78, 5) is 0. The molecule has 3 heteroatoms. The Bertz CT molecular complexity index is 235. The van der Waals surface area contributed by atoms with Crippen LogP contribution in [0.2, 0.25) is 0 Å². The Morgan fingerprint density at radius 1 is 1.25 bits per heavy atom. The number of nitrogens with two attached hydrogens (primary N) is 1. The second-order valence-corrected chi connectivity index (χ2v) is 2.76. The van der Waals surface area contributed by atoms with Crippen molar-refractivity contribution >= 4 is 0 Å². The molecule has 0 saturated carbocycles. The normalized spacial score (nSPS) is 13.4. The Morgan fingerprint density at radius 2 is 1.83 bits per heavy atom. The molecule has 1 aromatic rings. The van der Waals surface area contributed by atoms with Crippen molar-refractivity contribution in [1.29, 1.82) is 0 Å². The van der Waals surface area contributed by atoms with Crippen LogP contribution in [0.1, 0.15) is 30.5 Å². The fraction of sp³-hybridized carbons (Fsp3) is 0.333. The molecule has 1 rings (SSSR count). The summed E-state index contributed by atoms with van der Waals surface area (Å²) < 4.78 is 24.3. The van der Waals surface area contributed by atoms with Gasteiger partial charge in [-0.05, 0) is 18.6 Å². The Hall–Kier alpha value is -0.960. The highest BCUT2D eigenvalue weighted by molar-refractivity contribution is 5.26. The maximum atomic E-state index is 12.2. The first-order chi connectivity index (χ1) is 5.61. The molecule has 0 aliphatic heterocycles. The highest BCUT2D eigenvalue weighted by atomic mass is 19.3. The Kier molecular flexibility index (Phi) is 2.76. The first-order valence-electron chi connectivity index (χ1n) is 3.75. The van der Waals surface area contributed by atoms with Gasteiger partial charge in [0.1, 0.15) is 0 Å². The molecular weight excluding hydrogens is 160 g/mol. The number of benzene rings is 1. The van der Waals surface area contributed by atoms with Gasteiger partial charge < -0.3 is 5.73 Å². The molecule has 0 bridgehead atoms. The van der Waals surface area contributed by atoms with Crippen LogP contribution < -0.4 is 5.73 Å².